The lowest BCUT2D eigenvalue weighted by atomic mass is 9.99. The molecule has 0 saturated heterocycles. The molecule has 24 heavy (non-hydrogen) atoms. The van der Waals surface area contributed by atoms with Gasteiger partial charge in [0.2, 0.25) is 0 Å². The Morgan fingerprint density at radius 1 is 1.04 bits per heavy atom. The van der Waals surface area contributed by atoms with E-state index in [9.17, 15) is 0 Å². The highest BCUT2D eigenvalue weighted by Crippen LogP contribution is 2.35. The first-order chi connectivity index (χ1) is 11.3. The van der Waals surface area contributed by atoms with Crippen LogP contribution >= 0.6 is 0 Å². The van der Waals surface area contributed by atoms with E-state index in [-0.39, 0.29) is 5.60 Å². The second kappa shape index (κ2) is 6.27. The van der Waals surface area contributed by atoms with Crippen molar-refractivity contribution in [2.24, 2.45) is 0 Å². The maximum atomic E-state index is 5.98. The van der Waals surface area contributed by atoms with Gasteiger partial charge in [-0.15, -0.1) is 0 Å². The van der Waals surface area contributed by atoms with Crippen LogP contribution in [0.4, 0.5) is 5.82 Å². The number of benzene rings is 1. The zero-order chi connectivity index (χ0) is 17.3. The van der Waals surface area contributed by atoms with E-state index >= 15 is 0 Å². The van der Waals surface area contributed by atoms with Crippen molar-refractivity contribution in [3.63, 3.8) is 0 Å². The molecule has 0 spiro atoms. The summed E-state index contributed by atoms with van der Waals surface area (Å²) in [4.78, 5) is 11.3. The van der Waals surface area contributed by atoms with Gasteiger partial charge in [-0.3, -0.25) is 0 Å². The van der Waals surface area contributed by atoms with Gasteiger partial charge in [-0.05, 0) is 57.9 Å². The van der Waals surface area contributed by atoms with E-state index < -0.39 is 0 Å². The molecule has 1 aliphatic rings. The molecule has 0 N–H and O–H groups in total. The predicted molar refractivity (Wildman–Crippen MR) is 98.7 cm³/mol. The quantitative estimate of drug-likeness (QED) is 0.789. The van der Waals surface area contributed by atoms with Crippen molar-refractivity contribution < 1.29 is 4.74 Å². The molecule has 0 amide bonds. The van der Waals surface area contributed by atoms with E-state index in [1.807, 2.05) is 13.0 Å². The monoisotopic (exact) mass is 323 g/mol. The molecular formula is C20H25N3O. The number of aromatic nitrogens is 2. The van der Waals surface area contributed by atoms with Gasteiger partial charge in [0.05, 0.1) is 5.69 Å². The number of rotatable bonds is 3. The summed E-state index contributed by atoms with van der Waals surface area (Å²) in [7, 11) is 0. The van der Waals surface area contributed by atoms with Crippen molar-refractivity contribution in [3.8, 4) is 16.9 Å². The first-order valence-electron chi connectivity index (χ1n) is 8.37. The maximum Gasteiger partial charge on any atom is 0.140 e. The van der Waals surface area contributed by atoms with Crippen LogP contribution in [0.2, 0.25) is 0 Å². The Hall–Kier alpha value is -2.36. The van der Waals surface area contributed by atoms with Gasteiger partial charge in [0, 0.05) is 18.7 Å². The third-order valence-corrected chi connectivity index (χ3v) is 4.03. The average molecular weight is 323 g/mol. The molecule has 0 radical (unpaired) electrons. The topological polar surface area (TPSA) is 38.3 Å². The minimum atomic E-state index is -0.202. The van der Waals surface area contributed by atoms with Crippen LogP contribution in [0.3, 0.4) is 0 Å². The zero-order valence-electron chi connectivity index (χ0n) is 15.1. The normalized spacial score (nSPS) is 14.3. The minimum Gasteiger partial charge on any atom is -0.488 e. The van der Waals surface area contributed by atoms with Gasteiger partial charge in [0.25, 0.3) is 0 Å². The van der Waals surface area contributed by atoms with Crippen LogP contribution < -0.4 is 9.64 Å². The van der Waals surface area contributed by atoms with Crippen LogP contribution in [-0.2, 0) is 0 Å². The Labute approximate surface area is 144 Å². The van der Waals surface area contributed by atoms with E-state index in [0.717, 1.165) is 41.5 Å². The Balaban J connectivity index is 2.03. The van der Waals surface area contributed by atoms with Gasteiger partial charge in [-0.25, -0.2) is 9.97 Å². The summed E-state index contributed by atoms with van der Waals surface area (Å²) in [6.07, 6.45) is 6.00. The van der Waals surface area contributed by atoms with Crippen molar-refractivity contribution in [1.29, 1.82) is 0 Å². The Bertz CT molecular complexity index is 767. The molecule has 0 saturated carbocycles. The van der Waals surface area contributed by atoms with Crippen LogP contribution in [0, 0.1) is 13.8 Å². The molecule has 2 heterocycles. The summed E-state index contributed by atoms with van der Waals surface area (Å²) in [6, 6.07) is 6.25. The van der Waals surface area contributed by atoms with Gasteiger partial charge in [-0.1, -0.05) is 18.2 Å². The summed E-state index contributed by atoms with van der Waals surface area (Å²) < 4.78 is 5.98. The molecule has 0 unspecified atom stereocenters. The lowest BCUT2D eigenvalue weighted by Crippen LogP contribution is -2.23. The fraction of sp³-hybridized carbons (Fsp3) is 0.400. The van der Waals surface area contributed by atoms with Crippen LogP contribution in [0.25, 0.3) is 11.1 Å². The molecule has 2 aromatic rings. The highest BCUT2D eigenvalue weighted by Gasteiger charge is 2.20. The van der Waals surface area contributed by atoms with Gasteiger partial charge >= 0.3 is 0 Å². The number of hydrogen-bond donors (Lipinski definition) is 0. The van der Waals surface area contributed by atoms with Crippen LogP contribution in [0.1, 0.15) is 32.0 Å². The summed E-state index contributed by atoms with van der Waals surface area (Å²) in [5.74, 6) is 1.89. The SMILES string of the molecule is Cc1cc(OC(C)(C)C)ccc1-c1c(C)ncnc1N1CC=CC1. The van der Waals surface area contributed by atoms with Crippen molar-refractivity contribution in [3.05, 3.63) is 47.9 Å². The van der Waals surface area contributed by atoms with Gasteiger partial charge < -0.3 is 9.64 Å². The summed E-state index contributed by atoms with van der Waals surface area (Å²) in [5.41, 5.74) is 4.24. The fourth-order valence-corrected chi connectivity index (χ4v) is 3.00. The van der Waals surface area contributed by atoms with E-state index in [0.29, 0.717) is 0 Å². The second-order valence-corrected chi connectivity index (χ2v) is 7.23. The lowest BCUT2D eigenvalue weighted by molar-refractivity contribution is 0.131. The lowest BCUT2D eigenvalue weighted by Gasteiger charge is -2.24. The maximum absolute atomic E-state index is 5.98. The molecular weight excluding hydrogens is 298 g/mol. The number of nitrogens with zero attached hydrogens (tertiary/aromatic N) is 3. The van der Waals surface area contributed by atoms with E-state index in [2.05, 4.69) is 66.8 Å². The molecule has 1 aliphatic heterocycles. The van der Waals surface area contributed by atoms with Crippen molar-refractivity contribution in [1.82, 2.24) is 9.97 Å². The number of aryl methyl sites for hydroxylation is 2. The van der Waals surface area contributed by atoms with Crippen molar-refractivity contribution >= 4 is 5.82 Å². The molecule has 0 aliphatic carbocycles. The zero-order valence-corrected chi connectivity index (χ0v) is 15.1. The van der Waals surface area contributed by atoms with Crippen LogP contribution in [0.15, 0.2) is 36.7 Å². The molecule has 4 heteroatoms. The van der Waals surface area contributed by atoms with Gasteiger partial charge in [-0.2, -0.15) is 0 Å². The smallest absolute Gasteiger partial charge is 0.140 e. The highest BCUT2D eigenvalue weighted by atomic mass is 16.5. The molecule has 4 nitrogen and oxygen atoms in total. The average Bonchev–Trinajstić information content (AvgIpc) is 3.00. The molecule has 0 fully saturated rings. The second-order valence-electron chi connectivity index (χ2n) is 7.23. The Kier molecular flexibility index (Phi) is 4.31. The molecule has 1 aromatic carbocycles. The first-order valence-corrected chi connectivity index (χ1v) is 8.37. The molecule has 1 aromatic heterocycles. The third kappa shape index (κ3) is 3.42. The largest absolute Gasteiger partial charge is 0.488 e. The van der Waals surface area contributed by atoms with E-state index in [1.165, 1.54) is 5.56 Å². The van der Waals surface area contributed by atoms with E-state index in [1.54, 1.807) is 6.33 Å². The minimum absolute atomic E-state index is 0.202. The Morgan fingerprint density at radius 3 is 2.38 bits per heavy atom. The molecule has 0 bridgehead atoms. The first kappa shape index (κ1) is 16.5. The number of ether oxygens (including phenoxy) is 1. The highest BCUT2D eigenvalue weighted by molar-refractivity contribution is 5.80. The van der Waals surface area contributed by atoms with Gasteiger partial charge in [0.15, 0.2) is 0 Å². The fourth-order valence-electron chi connectivity index (χ4n) is 3.00. The summed E-state index contributed by atoms with van der Waals surface area (Å²) in [6.45, 7) is 12.1. The summed E-state index contributed by atoms with van der Waals surface area (Å²) in [5, 5.41) is 0. The standard InChI is InChI=1S/C20H25N3O/c1-14-12-16(24-20(3,4)5)8-9-17(14)18-15(2)21-13-22-19(18)23-10-6-7-11-23/h6-9,12-13H,10-11H2,1-5H3. The number of hydrogen-bond acceptors (Lipinski definition) is 4. The molecule has 3 rings (SSSR count). The number of anilines is 1. The Morgan fingerprint density at radius 2 is 1.75 bits per heavy atom. The van der Waals surface area contributed by atoms with Gasteiger partial charge in [0.1, 0.15) is 23.5 Å². The van der Waals surface area contributed by atoms with Crippen molar-refractivity contribution in [2.75, 3.05) is 18.0 Å². The van der Waals surface area contributed by atoms with Crippen LogP contribution in [0.5, 0.6) is 5.75 Å². The summed E-state index contributed by atoms with van der Waals surface area (Å²) >= 11 is 0. The molecule has 126 valence electrons. The van der Waals surface area contributed by atoms with E-state index in [4.69, 9.17) is 4.74 Å². The third-order valence-electron chi connectivity index (χ3n) is 4.03. The predicted octanol–water partition coefficient (Wildman–Crippen LogP) is 4.31. The molecule has 0 atom stereocenters. The van der Waals surface area contributed by atoms with Crippen molar-refractivity contribution in [2.45, 2.75) is 40.2 Å². The van der Waals surface area contributed by atoms with Crippen LogP contribution in [-0.4, -0.2) is 28.7 Å².